The Labute approximate surface area is 95.2 Å². The van der Waals surface area contributed by atoms with Crippen molar-refractivity contribution in [2.24, 2.45) is 0 Å². The Morgan fingerprint density at radius 2 is 2.12 bits per heavy atom. The molecular formula is C13H16N2O. The van der Waals surface area contributed by atoms with Crippen molar-refractivity contribution in [3.8, 4) is 11.3 Å². The second-order valence-electron chi connectivity index (χ2n) is 3.70. The largest absolute Gasteiger partial charge is 0.398 e. The molecule has 0 atom stereocenters. The third kappa shape index (κ3) is 2.09. The molecular weight excluding hydrogens is 200 g/mol. The van der Waals surface area contributed by atoms with Gasteiger partial charge in [0.1, 0.15) is 0 Å². The van der Waals surface area contributed by atoms with Gasteiger partial charge in [0.15, 0.2) is 0 Å². The Hall–Kier alpha value is -1.74. The van der Waals surface area contributed by atoms with Gasteiger partial charge in [-0.05, 0) is 24.1 Å². The standard InChI is InChI=1S/C13H16N2O/c1-16-9-7-10-4-2-5-11(13(10)14)12-6-3-8-15-12/h2-6,8,15H,7,9,14H2,1H3. The maximum atomic E-state index is 6.14. The molecule has 0 aliphatic rings. The maximum Gasteiger partial charge on any atom is 0.0503 e. The second kappa shape index (κ2) is 4.86. The summed E-state index contributed by atoms with van der Waals surface area (Å²) in [6.45, 7) is 0.693. The van der Waals surface area contributed by atoms with Gasteiger partial charge in [0.2, 0.25) is 0 Å². The summed E-state index contributed by atoms with van der Waals surface area (Å²) in [6.07, 6.45) is 2.74. The predicted molar refractivity (Wildman–Crippen MR) is 66.2 cm³/mol. The van der Waals surface area contributed by atoms with Gasteiger partial charge in [-0.2, -0.15) is 0 Å². The molecule has 0 fully saturated rings. The van der Waals surface area contributed by atoms with Gasteiger partial charge < -0.3 is 15.5 Å². The van der Waals surface area contributed by atoms with Crippen molar-refractivity contribution in [3.63, 3.8) is 0 Å². The molecule has 16 heavy (non-hydrogen) atoms. The zero-order chi connectivity index (χ0) is 11.4. The number of ether oxygens (including phenoxy) is 1. The van der Waals surface area contributed by atoms with E-state index >= 15 is 0 Å². The van der Waals surface area contributed by atoms with E-state index in [-0.39, 0.29) is 0 Å². The first-order valence-corrected chi connectivity index (χ1v) is 5.33. The molecule has 0 bridgehead atoms. The lowest BCUT2D eigenvalue weighted by Crippen LogP contribution is -2.01. The molecule has 84 valence electrons. The fourth-order valence-corrected chi connectivity index (χ4v) is 1.78. The van der Waals surface area contributed by atoms with Crippen molar-refractivity contribution in [1.82, 2.24) is 4.98 Å². The minimum atomic E-state index is 0.693. The lowest BCUT2D eigenvalue weighted by atomic mass is 10.0. The number of methoxy groups -OCH3 is 1. The van der Waals surface area contributed by atoms with Crippen molar-refractivity contribution in [1.29, 1.82) is 0 Å². The van der Waals surface area contributed by atoms with Crippen LogP contribution in [0.25, 0.3) is 11.3 Å². The third-order valence-electron chi connectivity index (χ3n) is 2.66. The van der Waals surface area contributed by atoms with Crippen LogP contribution in [0.3, 0.4) is 0 Å². The summed E-state index contributed by atoms with van der Waals surface area (Å²) in [7, 11) is 1.70. The summed E-state index contributed by atoms with van der Waals surface area (Å²) in [5, 5.41) is 0. The molecule has 0 unspecified atom stereocenters. The van der Waals surface area contributed by atoms with Gasteiger partial charge >= 0.3 is 0 Å². The minimum Gasteiger partial charge on any atom is -0.398 e. The van der Waals surface area contributed by atoms with Gasteiger partial charge in [-0.1, -0.05) is 18.2 Å². The fraction of sp³-hybridized carbons (Fsp3) is 0.231. The summed E-state index contributed by atoms with van der Waals surface area (Å²) in [5.41, 5.74) is 10.2. The number of aromatic nitrogens is 1. The normalized spacial score (nSPS) is 10.6. The van der Waals surface area contributed by atoms with Crippen LogP contribution in [0.2, 0.25) is 0 Å². The van der Waals surface area contributed by atoms with Gasteiger partial charge in [-0.3, -0.25) is 0 Å². The number of nitrogen functional groups attached to an aromatic ring is 1. The Bertz CT molecular complexity index is 449. The zero-order valence-corrected chi connectivity index (χ0v) is 9.36. The maximum absolute atomic E-state index is 6.14. The molecule has 3 heteroatoms. The van der Waals surface area contributed by atoms with Crippen molar-refractivity contribution in [2.45, 2.75) is 6.42 Å². The van der Waals surface area contributed by atoms with E-state index in [0.717, 1.165) is 28.9 Å². The molecule has 1 aromatic heterocycles. The minimum absolute atomic E-state index is 0.693. The number of aromatic amines is 1. The van der Waals surface area contributed by atoms with Gasteiger partial charge in [-0.25, -0.2) is 0 Å². The number of hydrogen-bond acceptors (Lipinski definition) is 2. The zero-order valence-electron chi connectivity index (χ0n) is 9.36. The fourth-order valence-electron chi connectivity index (χ4n) is 1.78. The van der Waals surface area contributed by atoms with Crippen LogP contribution in [0.1, 0.15) is 5.56 Å². The van der Waals surface area contributed by atoms with E-state index < -0.39 is 0 Å². The lowest BCUT2D eigenvalue weighted by molar-refractivity contribution is 0.202. The van der Waals surface area contributed by atoms with Crippen LogP contribution >= 0.6 is 0 Å². The number of benzene rings is 1. The summed E-state index contributed by atoms with van der Waals surface area (Å²) in [6, 6.07) is 10.1. The average molecular weight is 216 g/mol. The molecule has 1 aromatic carbocycles. The number of para-hydroxylation sites is 1. The molecule has 0 radical (unpaired) electrons. The van der Waals surface area contributed by atoms with Crippen LogP contribution in [0, 0.1) is 0 Å². The third-order valence-corrected chi connectivity index (χ3v) is 2.66. The Kier molecular flexibility index (Phi) is 3.27. The molecule has 0 aliphatic heterocycles. The molecule has 2 rings (SSSR count). The first-order valence-electron chi connectivity index (χ1n) is 5.33. The molecule has 0 spiro atoms. The van der Waals surface area contributed by atoms with Crippen molar-refractivity contribution in [2.75, 3.05) is 19.5 Å². The number of nitrogens with one attached hydrogen (secondary N) is 1. The molecule has 3 nitrogen and oxygen atoms in total. The highest BCUT2D eigenvalue weighted by Gasteiger charge is 2.06. The lowest BCUT2D eigenvalue weighted by Gasteiger charge is -2.09. The van der Waals surface area contributed by atoms with Crippen LogP contribution < -0.4 is 5.73 Å². The van der Waals surface area contributed by atoms with Crippen LogP contribution in [0.15, 0.2) is 36.5 Å². The second-order valence-corrected chi connectivity index (χ2v) is 3.70. The number of rotatable bonds is 4. The molecule has 0 saturated heterocycles. The molecule has 2 aromatic rings. The highest BCUT2D eigenvalue weighted by Crippen LogP contribution is 2.27. The summed E-state index contributed by atoms with van der Waals surface area (Å²) in [5.74, 6) is 0. The first kappa shape index (κ1) is 10.8. The topological polar surface area (TPSA) is 51.0 Å². The predicted octanol–water partition coefficient (Wildman–Crippen LogP) is 2.45. The van der Waals surface area contributed by atoms with E-state index in [9.17, 15) is 0 Å². The molecule has 0 aliphatic carbocycles. The van der Waals surface area contributed by atoms with E-state index in [1.54, 1.807) is 7.11 Å². The Morgan fingerprint density at radius 3 is 2.81 bits per heavy atom. The summed E-state index contributed by atoms with van der Waals surface area (Å²) in [4.78, 5) is 3.17. The van der Waals surface area contributed by atoms with Crippen molar-refractivity contribution >= 4 is 5.69 Å². The highest BCUT2D eigenvalue weighted by atomic mass is 16.5. The van der Waals surface area contributed by atoms with Crippen molar-refractivity contribution < 1.29 is 4.74 Å². The number of anilines is 1. The van der Waals surface area contributed by atoms with E-state index in [2.05, 4.69) is 4.98 Å². The van der Waals surface area contributed by atoms with E-state index in [1.165, 1.54) is 0 Å². The van der Waals surface area contributed by atoms with Gasteiger partial charge in [-0.15, -0.1) is 0 Å². The van der Waals surface area contributed by atoms with Crippen LogP contribution in [0.4, 0.5) is 5.69 Å². The number of hydrogen-bond donors (Lipinski definition) is 2. The Morgan fingerprint density at radius 1 is 1.25 bits per heavy atom. The monoisotopic (exact) mass is 216 g/mol. The van der Waals surface area contributed by atoms with Gasteiger partial charge in [0, 0.05) is 30.3 Å². The van der Waals surface area contributed by atoms with Gasteiger partial charge in [0.05, 0.1) is 6.61 Å². The highest BCUT2D eigenvalue weighted by molar-refractivity contribution is 5.76. The molecule has 3 N–H and O–H groups in total. The summed E-state index contributed by atoms with van der Waals surface area (Å²) < 4.78 is 5.07. The number of H-pyrrole nitrogens is 1. The molecule has 1 heterocycles. The smallest absolute Gasteiger partial charge is 0.0503 e. The van der Waals surface area contributed by atoms with E-state index in [1.807, 2.05) is 36.5 Å². The van der Waals surface area contributed by atoms with Gasteiger partial charge in [0.25, 0.3) is 0 Å². The van der Waals surface area contributed by atoms with Crippen LogP contribution in [-0.2, 0) is 11.2 Å². The SMILES string of the molecule is COCCc1cccc(-c2ccc[nH]2)c1N. The average Bonchev–Trinajstić information content (AvgIpc) is 2.81. The molecule has 0 amide bonds. The van der Waals surface area contributed by atoms with E-state index in [0.29, 0.717) is 6.61 Å². The Balaban J connectivity index is 2.33. The van der Waals surface area contributed by atoms with E-state index in [4.69, 9.17) is 10.5 Å². The first-order chi connectivity index (χ1) is 7.83. The molecule has 0 saturated carbocycles. The van der Waals surface area contributed by atoms with Crippen LogP contribution in [-0.4, -0.2) is 18.7 Å². The summed E-state index contributed by atoms with van der Waals surface area (Å²) >= 11 is 0. The van der Waals surface area contributed by atoms with Crippen LogP contribution in [0.5, 0.6) is 0 Å². The quantitative estimate of drug-likeness (QED) is 0.771. The van der Waals surface area contributed by atoms with Crippen molar-refractivity contribution in [3.05, 3.63) is 42.1 Å². The number of nitrogens with two attached hydrogens (primary N) is 1.